The van der Waals surface area contributed by atoms with Gasteiger partial charge in [0.15, 0.2) is 0 Å². The highest BCUT2D eigenvalue weighted by Crippen LogP contribution is 2.59. The van der Waals surface area contributed by atoms with Gasteiger partial charge in [-0.3, -0.25) is 14.5 Å². The fourth-order valence-corrected chi connectivity index (χ4v) is 5.74. The van der Waals surface area contributed by atoms with E-state index in [1.165, 1.54) is 29.2 Å². The molecule has 0 unspecified atom stereocenters. The second-order valence-corrected chi connectivity index (χ2v) is 10.5. The van der Waals surface area contributed by atoms with Crippen LogP contribution in [0.3, 0.4) is 0 Å². The van der Waals surface area contributed by atoms with Crippen molar-refractivity contribution in [3.05, 3.63) is 60.4 Å². The van der Waals surface area contributed by atoms with Crippen LogP contribution in [0.5, 0.6) is 0 Å². The molecule has 0 aromatic heterocycles. The number of urea groups is 1. The second kappa shape index (κ2) is 9.22. The number of para-hydroxylation sites is 1. The lowest BCUT2D eigenvalue weighted by Gasteiger charge is -2.41. The molecule has 0 radical (unpaired) electrons. The summed E-state index contributed by atoms with van der Waals surface area (Å²) in [5.41, 5.74) is 0.00249. The largest absolute Gasteiger partial charge is 0.481 e. The maximum absolute atomic E-state index is 13.8. The number of anilines is 2. The standard InChI is InChI=1S/C28H32FN3O4/c1-30(22-11-9-21(29)10-12-22)26(36)31-17-15-27(16-18-31,25(34)35)19-24(33)32(23-5-3-2-4-6-23)28(13-14-28)20-7-8-20/h2-6,9-12,20H,7-8,13-19H2,1H3,(H,34,35). The topological polar surface area (TPSA) is 81.2 Å². The minimum absolute atomic E-state index is 0.0818. The molecule has 5 rings (SSSR count). The van der Waals surface area contributed by atoms with Gasteiger partial charge in [0.05, 0.1) is 11.0 Å². The van der Waals surface area contributed by atoms with Gasteiger partial charge in [-0.2, -0.15) is 0 Å². The van der Waals surface area contributed by atoms with Crippen LogP contribution in [-0.4, -0.2) is 53.6 Å². The van der Waals surface area contributed by atoms with Crippen LogP contribution in [0.25, 0.3) is 0 Å². The van der Waals surface area contributed by atoms with E-state index >= 15 is 0 Å². The van der Waals surface area contributed by atoms with Crippen molar-refractivity contribution in [2.45, 2.75) is 50.5 Å². The molecule has 2 aromatic carbocycles. The second-order valence-electron chi connectivity index (χ2n) is 10.5. The molecule has 1 heterocycles. The van der Waals surface area contributed by atoms with Crippen molar-refractivity contribution in [1.29, 1.82) is 0 Å². The molecule has 7 nitrogen and oxygen atoms in total. The molecular weight excluding hydrogens is 461 g/mol. The van der Waals surface area contributed by atoms with E-state index in [4.69, 9.17) is 0 Å². The first-order valence-corrected chi connectivity index (χ1v) is 12.7. The fraction of sp³-hybridized carbons (Fsp3) is 0.464. The summed E-state index contributed by atoms with van der Waals surface area (Å²) in [5.74, 6) is -1.02. The molecule has 0 spiro atoms. The third-order valence-electron chi connectivity index (χ3n) is 8.24. The summed E-state index contributed by atoms with van der Waals surface area (Å²) in [4.78, 5) is 44.3. The van der Waals surface area contributed by atoms with E-state index < -0.39 is 11.4 Å². The number of hydrogen-bond donors (Lipinski definition) is 1. The number of benzene rings is 2. The summed E-state index contributed by atoms with van der Waals surface area (Å²) in [6.07, 6.45) is 4.46. The molecule has 0 bridgehead atoms. The lowest BCUT2D eigenvalue weighted by atomic mass is 9.75. The van der Waals surface area contributed by atoms with Crippen molar-refractivity contribution >= 4 is 29.3 Å². The van der Waals surface area contributed by atoms with Crippen LogP contribution < -0.4 is 9.80 Å². The van der Waals surface area contributed by atoms with Crippen molar-refractivity contribution in [2.24, 2.45) is 11.3 Å². The van der Waals surface area contributed by atoms with Gasteiger partial charge < -0.3 is 14.9 Å². The molecule has 1 N–H and O–H groups in total. The van der Waals surface area contributed by atoms with Crippen LogP contribution in [0.15, 0.2) is 54.6 Å². The minimum Gasteiger partial charge on any atom is -0.481 e. The van der Waals surface area contributed by atoms with E-state index in [0.717, 1.165) is 31.4 Å². The zero-order valence-corrected chi connectivity index (χ0v) is 20.5. The minimum atomic E-state index is -1.21. The number of carboxylic acids is 1. The van der Waals surface area contributed by atoms with Gasteiger partial charge in [-0.1, -0.05) is 18.2 Å². The Morgan fingerprint density at radius 3 is 2.08 bits per heavy atom. The molecule has 36 heavy (non-hydrogen) atoms. The molecular formula is C28H32FN3O4. The number of amides is 3. The molecule has 3 amide bonds. The van der Waals surface area contributed by atoms with E-state index in [-0.39, 0.29) is 55.6 Å². The molecule has 2 aromatic rings. The Hall–Kier alpha value is -3.42. The summed E-state index contributed by atoms with van der Waals surface area (Å²) < 4.78 is 13.3. The van der Waals surface area contributed by atoms with Gasteiger partial charge in [0.1, 0.15) is 5.82 Å². The normalized spacial score (nSPS) is 19.9. The lowest BCUT2D eigenvalue weighted by molar-refractivity contribution is -0.154. The molecule has 3 aliphatic rings. The lowest BCUT2D eigenvalue weighted by Crippen LogP contribution is -2.53. The predicted molar refractivity (Wildman–Crippen MR) is 134 cm³/mol. The average Bonchev–Trinajstić information content (AvgIpc) is 3.79. The van der Waals surface area contributed by atoms with Gasteiger partial charge in [-0.25, -0.2) is 9.18 Å². The van der Waals surface area contributed by atoms with Crippen LogP contribution in [0.4, 0.5) is 20.6 Å². The number of hydrogen-bond acceptors (Lipinski definition) is 3. The number of rotatable bonds is 7. The summed E-state index contributed by atoms with van der Waals surface area (Å²) in [6, 6.07) is 15.0. The zero-order chi connectivity index (χ0) is 25.5. The van der Waals surface area contributed by atoms with Gasteiger partial charge in [-0.15, -0.1) is 0 Å². The molecule has 8 heteroatoms. The van der Waals surface area contributed by atoms with Crippen molar-refractivity contribution in [3.8, 4) is 0 Å². The predicted octanol–water partition coefficient (Wildman–Crippen LogP) is 4.91. The van der Waals surface area contributed by atoms with E-state index in [1.807, 2.05) is 35.2 Å². The maximum Gasteiger partial charge on any atom is 0.324 e. The molecule has 2 saturated carbocycles. The highest BCUT2D eigenvalue weighted by atomic mass is 19.1. The van der Waals surface area contributed by atoms with Gasteiger partial charge >= 0.3 is 12.0 Å². The molecule has 0 atom stereocenters. The van der Waals surface area contributed by atoms with Crippen molar-refractivity contribution in [1.82, 2.24) is 4.90 Å². The third-order valence-corrected chi connectivity index (χ3v) is 8.24. The van der Waals surface area contributed by atoms with Crippen LogP contribution >= 0.6 is 0 Å². The Balaban J connectivity index is 1.30. The SMILES string of the molecule is CN(C(=O)N1CCC(CC(=O)N(c2ccccc2)C2(C3CC3)CC2)(C(=O)O)CC1)c1ccc(F)cc1. The monoisotopic (exact) mass is 493 g/mol. The Morgan fingerprint density at radius 2 is 1.56 bits per heavy atom. The first-order valence-electron chi connectivity index (χ1n) is 12.7. The Labute approximate surface area is 210 Å². The number of aliphatic carboxylic acids is 1. The summed E-state index contributed by atoms with van der Waals surface area (Å²) in [7, 11) is 1.61. The van der Waals surface area contributed by atoms with Gasteiger partial charge in [0, 0.05) is 37.9 Å². The van der Waals surface area contributed by atoms with Gasteiger partial charge in [-0.05, 0) is 80.8 Å². The zero-order valence-electron chi connectivity index (χ0n) is 20.5. The van der Waals surface area contributed by atoms with Crippen molar-refractivity contribution in [3.63, 3.8) is 0 Å². The summed E-state index contributed by atoms with van der Waals surface area (Å²) in [5, 5.41) is 10.2. The number of likely N-dealkylation sites (tertiary alicyclic amines) is 1. The van der Waals surface area contributed by atoms with Crippen molar-refractivity contribution in [2.75, 3.05) is 29.9 Å². The van der Waals surface area contributed by atoms with Crippen LogP contribution in [0.2, 0.25) is 0 Å². The Morgan fingerprint density at radius 1 is 0.944 bits per heavy atom. The van der Waals surface area contributed by atoms with E-state index in [9.17, 15) is 23.9 Å². The summed E-state index contributed by atoms with van der Waals surface area (Å²) in [6.45, 7) is 0.478. The third kappa shape index (κ3) is 4.45. The molecule has 1 saturated heterocycles. The van der Waals surface area contributed by atoms with Crippen LogP contribution in [0, 0.1) is 17.2 Å². The quantitative estimate of drug-likeness (QED) is 0.594. The maximum atomic E-state index is 13.8. The summed E-state index contributed by atoms with van der Waals surface area (Å²) >= 11 is 0. The number of carbonyl (C=O) groups excluding carboxylic acids is 2. The molecule has 1 aliphatic heterocycles. The van der Waals surface area contributed by atoms with E-state index in [2.05, 4.69) is 0 Å². The molecule has 3 fully saturated rings. The first kappa shape index (κ1) is 24.3. The smallest absolute Gasteiger partial charge is 0.324 e. The van der Waals surface area contributed by atoms with Crippen LogP contribution in [-0.2, 0) is 9.59 Å². The van der Waals surface area contributed by atoms with Crippen LogP contribution in [0.1, 0.15) is 44.9 Å². The number of nitrogens with zero attached hydrogens (tertiary/aromatic N) is 3. The highest BCUT2D eigenvalue weighted by Gasteiger charge is 2.60. The number of piperidine rings is 1. The molecule has 190 valence electrons. The number of halogens is 1. The fourth-order valence-electron chi connectivity index (χ4n) is 5.74. The van der Waals surface area contributed by atoms with E-state index in [0.29, 0.717) is 11.6 Å². The number of carboxylic acid groups (broad SMARTS) is 1. The Bertz CT molecular complexity index is 1140. The van der Waals surface area contributed by atoms with Crippen molar-refractivity contribution < 1.29 is 23.9 Å². The van der Waals surface area contributed by atoms with Gasteiger partial charge in [0.25, 0.3) is 0 Å². The van der Waals surface area contributed by atoms with E-state index in [1.54, 1.807) is 11.9 Å². The first-order chi connectivity index (χ1) is 17.3. The molecule has 2 aliphatic carbocycles. The Kier molecular flexibility index (Phi) is 6.22. The van der Waals surface area contributed by atoms with Gasteiger partial charge in [0.2, 0.25) is 5.91 Å². The average molecular weight is 494 g/mol. The number of carbonyl (C=O) groups is 3. The highest BCUT2D eigenvalue weighted by molar-refractivity contribution is 5.98.